The normalized spacial score (nSPS) is 10.8. The van der Waals surface area contributed by atoms with E-state index in [9.17, 15) is 22.0 Å². The lowest BCUT2D eigenvalue weighted by molar-refractivity contribution is 0.381. The molecule has 0 aliphatic carbocycles. The molecule has 0 aromatic heterocycles. The van der Waals surface area contributed by atoms with Crippen LogP contribution in [-0.4, -0.2) is 0 Å². The largest absolute Gasteiger partial charge is 0.203 e. The lowest BCUT2D eigenvalue weighted by Gasteiger charge is -2.08. The van der Waals surface area contributed by atoms with E-state index >= 15 is 0 Å². The van der Waals surface area contributed by atoms with Gasteiger partial charge in [0.1, 0.15) is 0 Å². The van der Waals surface area contributed by atoms with E-state index in [2.05, 4.69) is 6.92 Å². The molecule has 18 heavy (non-hydrogen) atoms. The molecule has 0 nitrogen and oxygen atoms in total. The molecule has 2 rings (SSSR count). The number of benzene rings is 2. The van der Waals surface area contributed by atoms with Gasteiger partial charge in [-0.05, 0) is 18.1 Å². The van der Waals surface area contributed by atoms with Crippen LogP contribution in [0, 0.1) is 36.0 Å². The SMILES string of the molecule is [CH2]c1cccc(-c2c(F)c(F)c(F)c(F)c2F)c1. The van der Waals surface area contributed by atoms with Crippen LogP contribution in [0.3, 0.4) is 0 Å². The van der Waals surface area contributed by atoms with Crippen molar-refractivity contribution in [2.24, 2.45) is 0 Å². The van der Waals surface area contributed by atoms with Gasteiger partial charge in [0.25, 0.3) is 0 Å². The highest BCUT2D eigenvalue weighted by molar-refractivity contribution is 5.66. The number of rotatable bonds is 1. The summed E-state index contributed by atoms with van der Waals surface area (Å²) in [4.78, 5) is 0. The summed E-state index contributed by atoms with van der Waals surface area (Å²) in [6.45, 7) is 3.52. The maximum absolute atomic E-state index is 13.5. The van der Waals surface area contributed by atoms with E-state index in [4.69, 9.17) is 0 Å². The van der Waals surface area contributed by atoms with Crippen LogP contribution in [0.25, 0.3) is 11.1 Å². The number of hydrogen-bond acceptors (Lipinski definition) is 0. The topological polar surface area (TPSA) is 0 Å². The van der Waals surface area contributed by atoms with E-state index in [1.165, 1.54) is 24.3 Å². The molecule has 0 spiro atoms. The van der Waals surface area contributed by atoms with E-state index in [-0.39, 0.29) is 5.56 Å². The molecule has 2 aromatic carbocycles. The molecule has 0 aliphatic heterocycles. The molecule has 0 N–H and O–H groups in total. The number of halogens is 5. The van der Waals surface area contributed by atoms with Crippen LogP contribution >= 0.6 is 0 Å². The minimum Gasteiger partial charge on any atom is -0.203 e. The van der Waals surface area contributed by atoms with Crippen molar-refractivity contribution in [3.8, 4) is 11.1 Å². The lowest BCUT2D eigenvalue weighted by atomic mass is 10.0. The first-order chi connectivity index (χ1) is 8.43. The number of hydrogen-bond donors (Lipinski definition) is 0. The van der Waals surface area contributed by atoms with Crippen molar-refractivity contribution in [2.75, 3.05) is 0 Å². The van der Waals surface area contributed by atoms with E-state index in [0.29, 0.717) is 5.56 Å². The van der Waals surface area contributed by atoms with Crippen molar-refractivity contribution in [2.45, 2.75) is 0 Å². The van der Waals surface area contributed by atoms with E-state index in [1.807, 2.05) is 0 Å². The molecule has 0 saturated carbocycles. The van der Waals surface area contributed by atoms with Crippen molar-refractivity contribution in [1.29, 1.82) is 0 Å². The molecule has 1 radical (unpaired) electrons. The fourth-order valence-electron chi connectivity index (χ4n) is 1.59. The third kappa shape index (κ3) is 1.85. The fourth-order valence-corrected chi connectivity index (χ4v) is 1.59. The van der Waals surface area contributed by atoms with Gasteiger partial charge in [0.2, 0.25) is 5.82 Å². The van der Waals surface area contributed by atoms with E-state index < -0.39 is 34.6 Å². The Hall–Kier alpha value is -1.91. The highest BCUT2D eigenvalue weighted by atomic mass is 19.2. The first-order valence-corrected chi connectivity index (χ1v) is 4.87. The third-order valence-corrected chi connectivity index (χ3v) is 2.43. The molecule has 0 unspecified atom stereocenters. The van der Waals surface area contributed by atoms with E-state index in [1.54, 1.807) is 0 Å². The highest BCUT2D eigenvalue weighted by Gasteiger charge is 2.26. The van der Waals surface area contributed by atoms with Crippen LogP contribution in [0.2, 0.25) is 0 Å². The second-order valence-corrected chi connectivity index (χ2v) is 3.65. The van der Waals surface area contributed by atoms with Crippen molar-refractivity contribution < 1.29 is 22.0 Å². The monoisotopic (exact) mass is 257 g/mol. The second-order valence-electron chi connectivity index (χ2n) is 3.65. The zero-order valence-corrected chi connectivity index (χ0v) is 8.91. The summed E-state index contributed by atoms with van der Waals surface area (Å²) in [5, 5.41) is 0. The summed E-state index contributed by atoms with van der Waals surface area (Å²) < 4.78 is 65.8. The second kappa shape index (κ2) is 4.40. The molecule has 0 amide bonds. The Balaban J connectivity index is 2.80. The fraction of sp³-hybridized carbons (Fsp3) is 0. The van der Waals surface area contributed by atoms with Gasteiger partial charge in [-0.3, -0.25) is 0 Å². The highest BCUT2D eigenvalue weighted by Crippen LogP contribution is 2.31. The summed E-state index contributed by atoms with van der Waals surface area (Å²) in [5.74, 6) is -9.79. The third-order valence-electron chi connectivity index (χ3n) is 2.43. The van der Waals surface area contributed by atoms with Gasteiger partial charge in [-0.1, -0.05) is 24.3 Å². The van der Waals surface area contributed by atoms with Gasteiger partial charge < -0.3 is 0 Å². The Bertz CT molecular complexity index is 590. The molecular weight excluding hydrogens is 251 g/mol. The average molecular weight is 257 g/mol. The maximum atomic E-state index is 13.5. The van der Waals surface area contributed by atoms with Crippen LogP contribution < -0.4 is 0 Å². The Labute approximate surface area is 99.7 Å². The first kappa shape index (κ1) is 12.5. The van der Waals surface area contributed by atoms with Crippen LogP contribution in [0.4, 0.5) is 22.0 Å². The quantitative estimate of drug-likeness (QED) is 0.407. The molecule has 0 fully saturated rings. The lowest BCUT2D eigenvalue weighted by Crippen LogP contribution is -2.04. The Morgan fingerprint density at radius 2 is 1.22 bits per heavy atom. The van der Waals surface area contributed by atoms with Crippen LogP contribution in [0.15, 0.2) is 24.3 Å². The minimum atomic E-state index is -2.17. The first-order valence-electron chi connectivity index (χ1n) is 4.87. The van der Waals surface area contributed by atoms with Crippen molar-refractivity contribution in [3.05, 3.63) is 65.8 Å². The predicted octanol–water partition coefficient (Wildman–Crippen LogP) is 4.23. The van der Waals surface area contributed by atoms with Gasteiger partial charge in [-0.15, -0.1) is 0 Å². The average Bonchev–Trinajstić information content (AvgIpc) is 2.34. The van der Waals surface area contributed by atoms with Crippen LogP contribution in [0.5, 0.6) is 0 Å². The van der Waals surface area contributed by atoms with Crippen molar-refractivity contribution in [1.82, 2.24) is 0 Å². The molecule has 2 aromatic rings. The Morgan fingerprint density at radius 1 is 0.722 bits per heavy atom. The molecule has 0 bridgehead atoms. The summed E-state index contributed by atoms with van der Waals surface area (Å²) in [5.41, 5.74) is -0.663. The Kier molecular flexibility index (Phi) is 3.07. The maximum Gasteiger partial charge on any atom is 0.200 e. The molecule has 93 valence electrons. The predicted molar refractivity (Wildman–Crippen MR) is 56.1 cm³/mol. The van der Waals surface area contributed by atoms with Crippen LogP contribution in [-0.2, 0) is 0 Å². The van der Waals surface area contributed by atoms with Gasteiger partial charge >= 0.3 is 0 Å². The van der Waals surface area contributed by atoms with Gasteiger partial charge in [0.15, 0.2) is 23.3 Å². The van der Waals surface area contributed by atoms with Gasteiger partial charge in [-0.2, -0.15) is 0 Å². The summed E-state index contributed by atoms with van der Waals surface area (Å²) >= 11 is 0. The smallest absolute Gasteiger partial charge is 0.200 e. The molecular formula is C13H6F5. The molecule has 0 saturated heterocycles. The Morgan fingerprint density at radius 3 is 1.72 bits per heavy atom. The van der Waals surface area contributed by atoms with Gasteiger partial charge in [0, 0.05) is 0 Å². The van der Waals surface area contributed by atoms with Crippen molar-refractivity contribution >= 4 is 0 Å². The molecule has 0 aliphatic rings. The molecule has 5 heteroatoms. The molecule has 0 atom stereocenters. The standard InChI is InChI=1S/C13H6F5/c1-6-3-2-4-7(5-6)8-9(14)11(16)13(18)12(17)10(8)15/h2-5H,1H2. The zero-order chi connectivity index (χ0) is 13.4. The summed E-state index contributed by atoms with van der Waals surface area (Å²) in [7, 11) is 0. The zero-order valence-electron chi connectivity index (χ0n) is 8.91. The van der Waals surface area contributed by atoms with E-state index in [0.717, 1.165) is 0 Å². The minimum absolute atomic E-state index is 0.115. The van der Waals surface area contributed by atoms with Gasteiger partial charge in [-0.25, -0.2) is 22.0 Å². The molecule has 0 heterocycles. The van der Waals surface area contributed by atoms with Crippen molar-refractivity contribution in [3.63, 3.8) is 0 Å². The summed E-state index contributed by atoms with van der Waals surface area (Å²) in [6, 6.07) is 5.43. The van der Waals surface area contributed by atoms with Gasteiger partial charge in [0.05, 0.1) is 5.56 Å². The summed E-state index contributed by atoms with van der Waals surface area (Å²) in [6.07, 6.45) is 0. The van der Waals surface area contributed by atoms with Crippen LogP contribution in [0.1, 0.15) is 5.56 Å².